The number of nitrogens with one attached hydrogen (secondary N) is 1. The van der Waals surface area contributed by atoms with Crippen LogP contribution in [-0.2, 0) is 0 Å². The van der Waals surface area contributed by atoms with Gasteiger partial charge in [0, 0.05) is 38.8 Å². The molecule has 100 valence electrons. The van der Waals surface area contributed by atoms with Gasteiger partial charge in [-0.05, 0) is 33.2 Å². The summed E-state index contributed by atoms with van der Waals surface area (Å²) in [6.45, 7) is 11.3. The fourth-order valence-corrected chi connectivity index (χ4v) is 3.14. The molecule has 0 radical (unpaired) electrons. The second-order valence-corrected chi connectivity index (χ2v) is 5.79. The summed E-state index contributed by atoms with van der Waals surface area (Å²) in [5, 5.41) is 13.3. The van der Waals surface area contributed by atoms with Gasteiger partial charge in [0.05, 0.1) is 12.1 Å². The van der Waals surface area contributed by atoms with Gasteiger partial charge in [-0.15, -0.1) is 0 Å². The number of likely N-dealkylation sites (tertiary alicyclic amines) is 1. The molecule has 0 aliphatic carbocycles. The van der Waals surface area contributed by atoms with Crippen LogP contribution in [0.1, 0.15) is 26.7 Å². The summed E-state index contributed by atoms with van der Waals surface area (Å²) in [5.74, 6) is 0. The first-order valence-corrected chi connectivity index (χ1v) is 6.99. The predicted molar refractivity (Wildman–Crippen MR) is 70.2 cm³/mol. The zero-order valence-electron chi connectivity index (χ0n) is 11.3. The van der Waals surface area contributed by atoms with E-state index in [1.807, 2.05) is 0 Å². The zero-order valence-corrected chi connectivity index (χ0v) is 11.3. The molecule has 4 heteroatoms. The number of hydrogen-bond acceptors (Lipinski definition) is 4. The summed E-state index contributed by atoms with van der Waals surface area (Å²) in [6.07, 6.45) is 2.31. The van der Waals surface area contributed by atoms with Crippen molar-refractivity contribution < 1.29 is 5.11 Å². The van der Waals surface area contributed by atoms with Gasteiger partial charge in [0.25, 0.3) is 0 Å². The first-order chi connectivity index (χ1) is 8.18. The lowest BCUT2D eigenvalue weighted by Crippen LogP contribution is -2.55. The maximum atomic E-state index is 9.87. The van der Waals surface area contributed by atoms with Crippen LogP contribution in [0, 0.1) is 0 Å². The maximum Gasteiger partial charge on any atom is 0.0628 e. The Hall–Kier alpha value is -0.160. The summed E-state index contributed by atoms with van der Waals surface area (Å²) in [6, 6.07) is 0.591. The minimum absolute atomic E-state index is 0.0241. The van der Waals surface area contributed by atoms with Crippen molar-refractivity contribution in [3.05, 3.63) is 0 Å². The van der Waals surface area contributed by atoms with Crippen molar-refractivity contribution in [2.24, 2.45) is 0 Å². The molecule has 0 aromatic rings. The molecule has 17 heavy (non-hydrogen) atoms. The van der Waals surface area contributed by atoms with Crippen LogP contribution in [0.2, 0.25) is 0 Å². The number of aliphatic hydroxyl groups is 1. The summed E-state index contributed by atoms with van der Waals surface area (Å²) in [5.41, 5.74) is 0.0241. The van der Waals surface area contributed by atoms with E-state index in [2.05, 4.69) is 29.0 Å². The first-order valence-electron chi connectivity index (χ1n) is 6.99. The zero-order chi connectivity index (χ0) is 12.3. The van der Waals surface area contributed by atoms with E-state index < -0.39 is 0 Å². The third-order valence-electron chi connectivity index (χ3n) is 4.40. The molecular formula is C13H27N3O. The predicted octanol–water partition coefficient (Wildman–Crippen LogP) is 0.127. The monoisotopic (exact) mass is 241 g/mol. The van der Waals surface area contributed by atoms with Gasteiger partial charge in [-0.3, -0.25) is 9.80 Å². The van der Waals surface area contributed by atoms with E-state index in [0.717, 1.165) is 45.7 Å². The van der Waals surface area contributed by atoms with Gasteiger partial charge >= 0.3 is 0 Å². The molecule has 1 atom stereocenters. The number of aliphatic hydroxyl groups excluding tert-OH is 1. The fraction of sp³-hybridized carbons (Fsp3) is 1.00. The normalized spacial score (nSPS) is 33.2. The average molecular weight is 241 g/mol. The summed E-state index contributed by atoms with van der Waals surface area (Å²) < 4.78 is 0. The van der Waals surface area contributed by atoms with Gasteiger partial charge in [0.15, 0.2) is 0 Å². The van der Waals surface area contributed by atoms with E-state index in [1.54, 1.807) is 0 Å². The molecule has 0 bridgehead atoms. The highest BCUT2D eigenvalue weighted by Crippen LogP contribution is 2.29. The van der Waals surface area contributed by atoms with Crippen LogP contribution in [0.25, 0.3) is 0 Å². The van der Waals surface area contributed by atoms with Gasteiger partial charge in [-0.25, -0.2) is 0 Å². The van der Waals surface area contributed by atoms with Crippen LogP contribution in [0.15, 0.2) is 0 Å². The quantitative estimate of drug-likeness (QED) is 0.736. The minimum atomic E-state index is 0.0241. The van der Waals surface area contributed by atoms with Crippen LogP contribution in [-0.4, -0.2) is 72.4 Å². The van der Waals surface area contributed by atoms with E-state index in [9.17, 15) is 5.11 Å². The maximum absolute atomic E-state index is 9.87. The third-order valence-corrected chi connectivity index (χ3v) is 4.40. The van der Waals surface area contributed by atoms with Crippen LogP contribution in [0.3, 0.4) is 0 Å². The van der Waals surface area contributed by atoms with Crippen molar-refractivity contribution in [3.8, 4) is 0 Å². The van der Waals surface area contributed by atoms with E-state index in [4.69, 9.17) is 0 Å². The fourth-order valence-electron chi connectivity index (χ4n) is 3.14. The topological polar surface area (TPSA) is 38.7 Å². The average Bonchev–Trinajstić information content (AvgIpc) is 2.59. The summed E-state index contributed by atoms with van der Waals surface area (Å²) >= 11 is 0. The lowest BCUT2D eigenvalue weighted by Gasteiger charge is -2.39. The Balaban J connectivity index is 2.03. The Kier molecular flexibility index (Phi) is 4.42. The standard InChI is InChI=1S/C13H27N3O/c1-12(2)15-8-4-13(10-15,11-17)16-7-3-5-14-6-9-16/h12,14,17H,3-11H2,1-2H3. The van der Waals surface area contributed by atoms with Crippen LogP contribution < -0.4 is 5.32 Å². The Bertz CT molecular complexity index is 239. The second-order valence-electron chi connectivity index (χ2n) is 5.79. The SMILES string of the molecule is CC(C)N1CCC(CO)(N2CCCNCC2)C1. The van der Waals surface area contributed by atoms with E-state index >= 15 is 0 Å². The Morgan fingerprint density at radius 3 is 2.71 bits per heavy atom. The van der Waals surface area contributed by atoms with Crippen LogP contribution >= 0.6 is 0 Å². The molecule has 2 N–H and O–H groups in total. The number of rotatable bonds is 3. The molecule has 0 saturated carbocycles. The lowest BCUT2D eigenvalue weighted by atomic mass is 9.96. The lowest BCUT2D eigenvalue weighted by molar-refractivity contribution is 0.0374. The highest BCUT2D eigenvalue weighted by molar-refractivity contribution is 5.00. The molecule has 2 aliphatic rings. The Morgan fingerprint density at radius 1 is 1.24 bits per heavy atom. The van der Waals surface area contributed by atoms with Gasteiger partial charge in [0.1, 0.15) is 0 Å². The molecule has 0 amide bonds. The Morgan fingerprint density at radius 2 is 2.06 bits per heavy atom. The molecule has 2 fully saturated rings. The molecule has 0 aromatic carbocycles. The van der Waals surface area contributed by atoms with Crippen molar-refractivity contribution in [1.29, 1.82) is 0 Å². The minimum Gasteiger partial charge on any atom is -0.394 e. The Labute approximate surface area is 105 Å². The van der Waals surface area contributed by atoms with Gasteiger partial charge in [0.2, 0.25) is 0 Å². The van der Waals surface area contributed by atoms with Crippen molar-refractivity contribution in [3.63, 3.8) is 0 Å². The first kappa shape index (κ1) is 13.3. The molecule has 1 unspecified atom stereocenters. The van der Waals surface area contributed by atoms with Crippen molar-refractivity contribution >= 4 is 0 Å². The van der Waals surface area contributed by atoms with Crippen LogP contribution in [0.5, 0.6) is 0 Å². The molecule has 2 rings (SSSR count). The summed E-state index contributed by atoms with van der Waals surface area (Å²) in [4.78, 5) is 5.02. The molecule has 0 aromatic heterocycles. The highest BCUT2D eigenvalue weighted by Gasteiger charge is 2.42. The molecule has 2 aliphatic heterocycles. The van der Waals surface area contributed by atoms with Gasteiger partial charge in [-0.1, -0.05) is 0 Å². The molecular weight excluding hydrogens is 214 g/mol. The largest absolute Gasteiger partial charge is 0.394 e. The van der Waals surface area contributed by atoms with Crippen molar-refractivity contribution in [2.75, 3.05) is 45.9 Å². The van der Waals surface area contributed by atoms with Gasteiger partial charge < -0.3 is 10.4 Å². The van der Waals surface area contributed by atoms with Gasteiger partial charge in [-0.2, -0.15) is 0 Å². The smallest absolute Gasteiger partial charge is 0.0628 e. The summed E-state index contributed by atoms with van der Waals surface area (Å²) in [7, 11) is 0. The van der Waals surface area contributed by atoms with Crippen molar-refractivity contribution in [1.82, 2.24) is 15.1 Å². The second kappa shape index (κ2) is 5.65. The molecule has 2 heterocycles. The number of hydrogen-bond donors (Lipinski definition) is 2. The molecule has 0 spiro atoms. The number of nitrogens with zero attached hydrogens (tertiary/aromatic N) is 2. The van der Waals surface area contributed by atoms with Crippen LogP contribution in [0.4, 0.5) is 0 Å². The van der Waals surface area contributed by atoms with E-state index in [1.165, 1.54) is 6.42 Å². The third kappa shape index (κ3) is 2.81. The molecule has 2 saturated heterocycles. The van der Waals surface area contributed by atoms with Crippen molar-refractivity contribution in [2.45, 2.75) is 38.3 Å². The van der Waals surface area contributed by atoms with E-state index in [-0.39, 0.29) is 5.54 Å². The highest BCUT2D eigenvalue weighted by atomic mass is 16.3. The van der Waals surface area contributed by atoms with E-state index in [0.29, 0.717) is 12.6 Å². The molecule has 4 nitrogen and oxygen atoms in total.